The van der Waals surface area contributed by atoms with Crippen molar-refractivity contribution in [1.29, 1.82) is 0 Å². The maximum absolute atomic E-state index is 12.5. The minimum atomic E-state index is -0.0163. The maximum Gasteiger partial charge on any atom is 0.255 e. The Bertz CT molecular complexity index is 484. The molecule has 0 atom stereocenters. The number of nitrogens with zero attached hydrogens (tertiary/aromatic N) is 2. The molecule has 0 saturated carbocycles. The Morgan fingerprint density at radius 3 is 2.74 bits per heavy atom. The average molecular weight is 259 g/mol. The van der Waals surface area contributed by atoms with Crippen molar-refractivity contribution in [2.24, 2.45) is 5.73 Å². The van der Waals surface area contributed by atoms with Crippen LogP contribution in [0.15, 0.2) is 18.5 Å². The van der Waals surface area contributed by atoms with E-state index < -0.39 is 0 Å². The molecule has 1 heterocycles. The highest BCUT2D eigenvalue weighted by Crippen LogP contribution is 2.13. The van der Waals surface area contributed by atoms with Crippen molar-refractivity contribution in [2.75, 3.05) is 13.6 Å². The normalized spacial score (nSPS) is 9.95. The van der Waals surface area contributed by atoms with Crippen molar-refractivity contribution < 1.29 is 4.79 Å². The number of aromatic nitrogens is 1. The summed E-state index contributed by atoms with van der Waals surface area (Å²) in [5.74, 6) is 5.65. The van der Waals surface area contributed by atoms with Crippen LogP contribution in [0, 0.1) is 11.8 Å². The topological polar surface area (TPSA) is 59.2 Å². The predicted octanol–water partition coefficient (Wildman–Crippen LogP) is 1.65. The van der Waals surface area contributed by atoms with E-state index in [-0.39, 0.29) is 18.5 Å². The van der Waals surface area contributed by atoms with Crippen LogP contribution in [0.25, 0.3) is 0 Å². The zero-order valence-electron chi connectivity index (χ0n) is 11.8. The summed E-state index contributed by atoms with van der Waals surface area (Å²) in [6, 6.07) is 1.96. The standard InChI is InChI=1S/C15H21N3O/c1-4-13(5-2)18(3)15(19)14-8-10-17-11-12(14)7-6-9-16/h8,10-11,13H,4-5,9,16H2,1-3H3. The minimum absolute atomic E-state index is 0.0163. The Morgan fingerprint density at radius 1 is 1.47 bits per heavy atom. The summed E-state index contributed by atoms with van der Waals surface area (Å²) in [5.41, 5.74) is 6.59. The van der Waals surface area contributed by atoms with E-state index in [2.05, 4.69) is 30.7 Å². The minimum Gasteiger partial charge on any atom is -0.339 e. The first-order valence-electron chi connectivity index (χ1n) is 6.55. The molecule has 0 spiro atoms. The number of carbonyl (C=O) groups is 1. The molecule has 0 radical (unpaired) electrons. The van der Waals surface area contributed by atoms with Gasteiger partial charge in [0.05, 0.1) is 17.7 Å². The SMILES string of the molecule is CCC(CC)N(C)C(=O)c1ccncc1C#CCN. The molecule has 0 aromatic carbocycles. The van der Waals surface area contributed by atoms with Crippen LogP contribution in [-0.4, -0.2) is 35.4 Å². The summed E-state index contributed by atoms with van der Waals surface area (Å²) in [6.07, 6.45) is 5.10. The first-order chi connectivity index (χ1) is 9.15. The highest BCUT2D eigenvalue weighted by Gasteiger charge is 2.20. The molecule has 1 rings (SSSR count). The van der Waals surface area contributed by atoms with Crippen LogP contribution >= 0.6 is 0 Å². The number of hydrogen-bond donors (Lipinski definition) is 1. The van der Waals surface area contributed by atoms with Crippen LogP contribution in [0.2, 0.25) is 0 Å². The number of rotatable bonds is 4. The molecule has 0 aliphatic carbocycles. The molecule has 19 heavy (non-hydrogen) atoms. The molecule has 0 unspecified atom stereocenters. The lowest BCUT2D eigenvalue weighted by atomic mass is 10.1. The molecular weight excluding hydrogens is 238 g/mol. The van der Waals surface area contributed by atoms with Gasteiger partial charge in [-0.15, -0.1) is 0 Å². The van der Waals surface area contributed by atoms with Crippen LogP contribution in [0.1, 0.15) is 42.6 Å². The molecular formula is C15H21N3O. The Morgan fingerprint density at radius 2 is 2.16 bits per heavy atom. The lowest BCUT2D eigenvalue weighted by molar-refractivity contribution is 0.0723. The zero-order chi connectivity index (χ0) is 14.3. The Balaban J connectivity index is 3.05. The highest BCUT2D eigenvalue weighted by atomic mass is 16.2. The Kier molecular flexibility index (Phi) is 6.04. The average Bonchev–Trinajstić information content (AvgIpc) is 2.45. The van der Waals surface area contributed by atoms with E-state index in [0.717, 1.165) is 12.8 Å². The number of hydrogen-bond acceptors (Lipinski definition) is 3. The lowest BCUT2D eigenvalue weighted by Gasteiger charge is -2.26. The van der Waals surface area contributed by atoms with Crippen LogP contribution in [0.5, 0.6) is 0 Å². The van der Waals surface area contributed by atoms with Crippen LogP contribution in [0.4, 0.5) is 0 Å². The van der Waals surface area contributed by atoms with Gasteiger partial charge in [0.1, 0.15) is 0 Å². The summed E-state index contributed by atoms with van der Waals surface area (Å²) in [7, 11) is 1.83. The molecule has 0 bridgehead atoms. The van der Waals surface area contributed by atoms with Crippen molar-refractivity contribution in [3.63, 3.8) is 0 Å². The van der Waals surface area contributed by atoms with E-state index in [1.807, 2.05) is 7.05 Å². The molecule has 0 saturated heterocycles. The van der Waals surface area contributed by atoms with Crippen LogP contribution < -0.4 is 5.73 Å². The summed E-state index contributed by atoms with van der Waals surface area (Å²) < 4.78 is 0. The Hall–Kier alpha value is -1.86. The van der Waals surface area contributed by atoms with Gasteiger partial charge in [-0.25, -0.2) is 0 Å². The van der Waals surface area contributed by atoms with Crippen molar-refractivity contribution in [2.45, 2.75) is 32.7 Å². The van der Waals surface area contributed by atoms with Gasteiger partial charge in [0, 0.05) is 25.5 Å². The van der Waals surface area contributed by atoms with E-state index in [1.54, 1.807) is 23.4 Å². The first kappa shape index (κ1) is 15.2. The van der Waals surface area contributed by atoms with Crippen molar-refractivity contribution >= 4 is 5.91 Å². The largest absolute Gasteiger partial charge is 0.339 e. The maximum atomic E-state index is 12.5. The van der Waals surface area contributed by atoms with Gasteiger partial charge in [0.25, 0.3) is 5.91 Å². The summed E-state index contributed by atoms with van der Waals surface area (Å²) in [5, 5.41) is 0. The van der Waals surface area contributed by atoms with E-state index in [9.17, 15) is 4.79 Å². The van der Waals surface area contributed by atoms with E-state index >= 15 is 0 Å². The molecule has 4 heteroatoms. The smallest absolute Gasteiger partial charge is 0.255 e. The fourth-order valence-corrected chi connectivity index (χ4v) is 2.02. The monoisotopic (exact) mass is 259 g/mol. The number of pyridine rings is 1. The van der Waals surface area contributed by atoms with E-state index in [1.165, 1.54) is 0 Å². The molecule has 102 valence electrons. The van der Waals surface area contributed by atoms with Gasteiger partial charge in [-0.1, -0.05) is 25.7 Å². The van der Waals surface area contributed by atoms with Gasteiger partial charge in [-0.3, -0.25) is 9.78 Å². The zero-order valence-corrected chi connectivity index (χ0v) is 11.8. The Labute approximate surface area is 115 Å². The molecule has 0 fully saturated rings. The third-order valence-corrected chi connectivity index (χ3v) is 3.19. The van der Waals surface area contributed by atoms with Gasteiger partial charge in [-0.2, -0.15) is 0 Å². The van der Waals surface area contributed by atoms with E-state index in [4.69, 9.17) is 5.73 Å². The molecule has 0 aliphatic rings. The number of amides is 1. The van der Waals surface area contributed by atoms with Gasteiger partial charge >= 0.3 is 0 Å². The quantitative estimate of drug-likeness (QED) is 0.836. The van der Waals surface area contributed by atoms with Gasteiger partial charge in [0.15, 0.2) is 0 Å². The number of nitrogens with two attached hydrogens (primary N) is 1. The summed E-state index contributed by atoms with van der Waals surface area (Å²) >= 11 is 0. The summed E-state index contributed by atoms with van der Waals surface area (Å²) in [6.45, 7) is 4.43. The third kappa shape index (κ3) is 3.80. The second-order valence-corrected chi connectivity index (χ2v) is 4.31. The molecule has 0 aliphatic heterocycles. The van der Waals surface area contributed by atoms with Gasteiger partial charge in [0.2, 0.25) is 0 Å². The molecule has 1 aromatic heterocycles. The molecule has 1 amide bonds. The van der Waals surface area contributed by atoms with E-state index in [0.29, 0.717) is 11.1 Å². The fraction of sp³-hybridized carbons (Fsp3) is 0.467. The molecule has 1 aromatic rings. The van der Waals surface area contributed by atoms with Gasteiger partial charge < -0.3 is 10.6 Å². The predicted molar refractivity (Wildman–Crippen MR) is 76.6 cm³/mol. The fourth-order valence-electron chi connectivity index (χ4n) is 2.02. The van der Waals surface area contributed by atoms with Crippen molar-refractivity contribution in [3.05, 3.63) is 29.6 Å². The van der Waals surface area contributed by atoms with Crippen molar-refractivity contribution in [1.82, 2.24) is 9.88 Å². The lowest BCUT2D eigenvalue weighted by Crippen LogP contribution is -2.36. The van der Waals surface area contributed by atoms with Crippen LogP contribution in [-0.2, 0) is 0 Å². The van der Waals surface area contributed by atoms with Crippen LogP contribution in [0.3, 0.4) is 0 Å². The van der Waals surface area contributed by atoms with Gasteiger partial charge in [-0.05, 0) is 18.9 Å². The second kappa shape index (κ2) is 7.55. The third-order valence-electron chi connectivity index (χ3n) is 3.19. The summed E-state index contributed by atoms with van der Waals surface area (Å²) in [4.78, 5) is 18.3. The van der Waals surface area contributed by atoms with Crippen molar-refractivity contribution in [3.8, 4) is 11.8 Å². The first-order valence-corrected chi connectivity index (χ1v) is 6.55. The number of carbonyl (C=O) groups excluding carboxylic acids is 1. The highest BCUT2D eigenvalue weighted by molar-refractivity contribution is 5.96. The molecule has 2 N–H and O–H groups in total. The molecule has 4 nitrogen and oxygen atoms in total. The second-order valence-electron chi connectivity index (χ2n) is 4.31.